The molecule has 202 valence electrons. The minimum atomic E-state index is -0.444. The van der Waals surface area contributed by atoms with Gasteiger partial charge in [-0.1, -0.05) is 70.2 Å². The Balaban J connectivity index is 1.77. The number of amides is 1. The molecule has 3 aromatic rings. The molecule has 6 heteroatoms. The first kappa shape index (κ1) is 28.9. The van der Waals surface area contributed by atoms with Gasteiger partial charge in [-0.25, -0.2) is 0 Å². The van der Waals surface area contributed by atoms with E-state index >= 15 is 0 Å². The number of H-pyrrole nitrogens is 1. The number of nitrogens with one attached hydrogen (secondary N) is 1. The lowest BCUT2D eigenvalue weighted by molar-refractivity contribution is -0.133. The second-order valence-electron chi connectivity index (χ2n) is 11.0. The minimum absolute atomic E-state index is 0.0838. The highest BCUT2D eigenvalue weighted by Crippen LogP contribution is 2.23. The first-order valence-electron chi connectivity index (χ1n) is 13.5. The van der Waals surface area contributed by atoms with Crippen LogP contribution in [-0.4, -0.2) is 71.8 Å². The summed E-state index contributed by atoms with van der Waals surface area (Å²) in [6, 6.07) is 16.9. The average Bonchev–Trinajstić information content (AvgIpc) is 3.29. The van der Waals surface area contributed by atoms with Gasteiger partial charge in [0.1, 0.15) is 0 Å². The number of nitrogens with zero attached hydrogens (tertiary/aromatic N) is 2. The van der Waals surface area contributed by atoms with Gasteiger partial charge in [0.2, 0.25) is 5.91 Å². The van der Waals surface area contributed by atoms with Gasteiger partial charge in [-0.2, -0.15) is 0 Å². The smallest absolute Gasteiger partial charge is 0.237 e. The molecule has 0 saturated heterocycles. The molecule has 37 heavy (non-hydrogen) atoms. The molecule has 1 aromatic heterocycles. The molecule has 0 aliphatic heterocycles. The summed E-state index contributed by atoms with van der Waals surface area (Å²) in [5.74, 6) is 0.0838. The van der Waals surface area contributed by atoms with E-state index in [-0.39, 0.29) is 17.9 Å². The summed E-state index contributed by atoms with van der Waals surface area (Å²) in [6.07, 6.45) is 3.88. The molecule has 0 saturated carbocycles. The number of benzene rings is 2. The number of fused-ring (bicyclic) bond motifs is 1. The Labute approximate surface area is 222 Å². The van der Waals surface area contributed by atoms with Crippen molar-refractivity contribution in [2.24, 2.45) is 0 Å². The van der Waals surface area contributed by atoms with Crippen LogP contribution in [0.2, 0.25) is 0 Å². The number of aliphatic hydroxyl groups excluding tert-OH is 1. The van der Waals surface area contributed by atoms with E-state index in [1.54, 1.807) is 7.11 Å². The number of hydrogen-bond acceptors (Lipinski definition) is 4. The Kier molecular flexibility index (Phi) is 10.7. The molecule has 1 atom stereocenters. The lowest BCUT2D eigenvalue weighted by Gasteiger charge is -2.29. The summed E-state index contributed by atoms with van der Waals surface area (Å²) >= 11 is 0. The molecule has 2 aromatic carbocycles. The minimum Gasteiger partial charge on any atom is -0.392 e. The lowest BCUT2D eigenvalue weighted by atomic mass is 9.87. The quantitative estimate of drug-likeness (QED) is 0.296. The number of aromatic amines is 1. The molecule has 1 amide bonds. The summed E-state index contributed by atoms with van der Waals surface area (Å²) < 4.78 is 5.22. The standard InChI is InChI=1S/C31H45N3O3/c1-6-27(35)22-33(17-9-19-37-5)23-30(36)34(21-24-12-14-26(15-13-24)31(2,3)4)18-16-25-20-32-29-11-8-7-10-28(25)29/h7-8,10-15,20,27,32,35H,6,9,16-19,21-23H2,1-5H3/t27-/m1/s1. The van der Waals surface area contributed by atoms with Gasteiger partial charge in [0.15, 0.2) is 0 Å². The highest BCUT2D eigenvalue weighted by molar-refractivity contribution is 5.83. The molecule has 0 radical (unpaired) electrons. The first-order chi connectivity index (χ1) is 17.7. The predicted octanol–water partition coefficient (Wildman–Crippen LogP) is 5.15. The SMILES string of the molecule is CC[C@@H](O)CN(CCCOC)CC(=O)N(CCc1c[nH]c2ccccc12)Cc1ccc(C(C)(C)C)cc1. The van der Waals surface area contributed by atoms with Crippen molar-refractivity contribution < 1.29 is 14.6 Å². The van der Waals surface area contributed by atoms with Gasteiger partial charge in [0, 0.05) is 57.0 Å². The Bertz CT molecular complexity index is 1100. The van der Waals surface area contributed by atoms with E-state index in [2.05, 4.69) is 79.3 Å². The normalized spacial score (nSPS) is 12.8. The zero-order valence-electron chi connectivity index (χ0n) is 23.3. The van der Waals surface area contributed by atoms with Crippen molar-refractivity contribution in [3.63, 3.8) is 0 Å². The molecular weight excluding hydrogens is 462 g/mol. The van der Waals surface area contributed by atoms with Gasteiger partial charge in [-0.05, 0) is 47.4 Å². The fourth-order valence-corrected chi connectivity index (χ4v) is 4.60. The highest BCUT2D eigenvalue weighted by atomic mass is 16.5. The second kappa shape index (κ2) is 13.8. The van der Waals surface area contributed by atoms with Crippen molar-refractivity contribution in [2.45, 2.75) is 65.0 Å². The number of rotatable bonds is 14. The van der Waals surface area contributed by atoms with Gasteiger partial charge in [-0.3, -0.25) is 9.69 Å². The molecule has 0 aliphatic carbocycles. The van der Waals surface area contributed by atoms with Crippen LogP contribution in [0.3, 0.4) is 0 Å². The van der Waals surface area contributed by atoms with Crippen LogP contribution in [0.25, 0.3) is 10.9 Å². The van der Waals surface area contributed by atoms with Crippen LogP contribution >= 0.6 is 0 Å². The maximum absolute atomic E-state index is 13.7. The Morgan fingerprint density at radius 2 is 1.81 bits per heavy atom. The molecule has 0 spiro atoms. The van der Waals surface area contributed by atoms with Crippen LogP contribution in [0.1, 0.15) is 57.2 Å². The summed E-state index contributed by atoms with van der Waals surface area (Å²) in [5, 5.41) is 11.5. The number of aromatic nitrogens is 1. The topological polar surface area (TPSA) is 68.8 Å². The maximum atomic E-state index is 13.7. The molecule has 6 nitrogen and oxygen atoms in total. The fourth-order valence-electron chi connectivity index (χ4n) is 4.60. The number of aliphatic hydroxyl groups is 1. The van der Waals surface area contributed by atoms with Gasteiger partial charge in [-0.15, -0.1) is 0 Å². The zero-order chi connectivity index (χ0) is 26.8. The van der Waals surface area contributed by atoms with Crippen molar-refractivity contribution in [2.75, 3.05) is 39.9 Å². The largest absolute Gasteiger partial charge is 0.392 e. The average molecular weight is 508 g/mol. The van der Waals surface area contributed by atoms with Gasteiger partial charge >= 0.3 is 0 Å². The summed E-state index contributed by atoms with van der Waals surface area (Å²) in [6.45, 7) is 11.9. The van der Waals surface area contributed by atoms with Gasteiger partial charge < -0.3 is 19.7 Å². The Morgan fingerprint density at radius 3 is 2.49 bits per heavy atom. The van der Waals surface area contributed by atoms with Gasteiger partial charge in [0.25, 0.3) is 0 Å². The zero-order valence-corrected chi connectivity index (χ0v) is 23.3. The van der Waals surface area contributed by atoms with Crippen molar-refractivity contribution in [3.8, 4) is 0 Å². The van der Waals surface area contributed by atoms with E-state index in [1.807, 2.05) is 17.9 Å². The monoisotopic (exact) mass is 507 g/mol. The van der Waals surface area contributed by atoms with E-state index in [0.29, 0.717) is 39.2 Å². The molecule has 1 heterocycles. The van der Waals surface area contributed by atoms with E-state index < -0.39 is 6.10 Å². The number of hydrogen-bond donors (Lipinski definition) is 2. The molecule has 2 N–H and O–H groups in total. The van der Waals surface area contributed by atoms with Crippen LogP contribution < -0.4 is 0 Å². The van der Waals surface area contributed by atoms with Crippen molar-refractivity contribution >= 4 is 16.8 Å². The molecule has 0 bridgehead atoms. The second-order valence-corrected chi connectivity index (χ2v) is 11.0. The number of methoxy groups -OCH3 is 1. The predicted molar refractivity (Wildman–Crippen MR) is 152 cm³/mol. The van der Waals surface area contributed by atoms with Crippen molar-refractivity contribution in [1.29, 1.82) is 0 Å². The third-order valence-corrected chi connectivity index (χ3v) is 6.99. The van der Waals surface area contributed by atoms with Crippen LogP contribution in [0.15, 0.2) is 54.7 Å². The molecule has 3 rings (SSSR count). The van der Waals surface area contributed by atoms with Crippen molar-refractivity contribution in [3.05, 3.63) is 71.4 Å². The number of ether oxygens (including phenoxy) is 1. The highest BCUT2D eigenvalue weighted by Gasteiger charge is 2.21. The van der Waals surface area contributed by atoms with Crippen LogP contribution in [0.4, 0.5) is 0 Å². The van der Waals surface area contributed by atoms with E-state index in [9.17, 15) is 9.90 Å². The molecular formula is C31H45N3O3. The number of carbonyl (C=O) groups is 1. The molecule has 0 aliphatic rings. The lowest BCUT2D eigenvalue weighted by Crippen LogP contribution is -2.43. The number of carbonyl (C=O) groups excluding carboxylic acids is 1. The van der Waals surface area contributed by atoms with Gasteiger partial charge in [0.05, 0.1) is 12.6 Å². The summed E-state index contributed by atoms with van der Waals surface area (Å²) in [5.41, 5.74) is 4.83. The third-order valence-electron chi connectivity index (χ3n) is 6.99. The van der Waals surface area contributed by atoms with Crippen LogP contribution in [0.5, 0.6) is 0 Å². The first-order valence-corrected chi connectivity index (χ1v) is 13.5. The van der Waals surface area contributed by atoms with E-state index in [4.69, 9.17) is 4.74 Å². The number of para-hydroxylation sites is 1. The molecule has 0 unspecified atom stereocenters. The summed E-state index contributed by atoms with van der Waals surface area (Å²) in [4.78, 5) is 21.1. The van der Waals surface area contributed by atoms with E-state index in [1.165, 1.54) is 16.5 Å². The Morgan fingerprint density at radius 1 is 1.08 bits per heavy atom. The fraction of sp³-hybridized carbons (Fsp3) is 0.516. The van der Waals surface area contributed by atoms with Crippen LogP contribution in [0, 0.1) is 0 Å². The van der Waals surface area contributed by atoms with Crippen molar-refractivity contribution in [1.82, 2.24) is 14.8 Å². The summed E-state index contributed by atoms with van der Waals surface area (Å²) in [7, 11) is 1.69. The Hall–Kier alpha value is -2.67. The molecule has 0 fully saturated rings. The third kappa shape index (κ3) is 8.70. The maximum Gasteiger partial charge on any atom is 0.237 e. The van der Waals surface area contributed by atoms with Crippen LogP contribution in [-0.2, 0) is 27.9 Å². The van der Waals surface area contributed by atoms with E-state index in [0.717, 1.165) is 23.9 Å².